The van der Waals surface area contributed by atoms with E-state index in [0.29, 0.717) is 26.2 Å². The number of carbonyl (C=O) groups is 3. The van der Waals surface area contributed by atoms with Gasteiger partial charge in [-0.05, 0) is 40.5 Å². The minimum atomic E-state index is -0.289. The van der Waals surface area contributed by atoms with Crippen molar-refractivity contribution in [3.8, 4) is 0 Å². The van der Waals surface area contributed by atoms with E-state index in [1.54, 1.807) is 16.7 Å². The molecule has 6 nitrogen and oxygen atoms in total. The van der Waals surface area contributed by atoms with Crippen molar-refractivity contribution in [3.05, 3.63) is 0 Å². The number of rotatable bonds is 3. The molecule has 2 amide bonds. The van der Waals surface area contributed by atoms with E-state index < -0.39 is 0 Å². The molecule has 6 heteroatoms. The van der Waals surface area contributed by atoms with E-state index in [1.165, 1.54) is 0 Å². The lowest BCUT2D eigenvalue weighted by atomic mass is 9.96. The number of esters is 1. The quantitative estimate of drug-likeness (QED) is 0.737. The van der Waals surface area contributed by atoms with Crippen molar-refractivity contribution >= 4 is 17.8 Å². The lowest BCUT2D eigenvalue weighted by Crippen LogP contribution is -2.47. The summed E-state index contributed by atoms with van der Waals surface area (Å²) < 4.78 is 5.07. The van der Waals surface area contributed by atoms with Crippen LogP contribution in [0.1, 0.15) is 47.0 Å². The number of carbonyl (C=O) groups excluding carboxylic acids is 3. The Kier molecular flexibility index (Phi) is 5.32. The first-order valence-corrected chi connectivity index (χ1v) is 8.50. The molecule has 2 aliphatic rings. The minimum Gasteiger partial charge on any atom is -0.466 e. The second kappa shape index (κ2) is 6.89. The van der Waals surface area contributed by atoms with Crippen molar-refractivity contribution in [1.82, 2.24) is 9.80 Å². The SMILES string of the molecule is CCOC(=O)C1CCCN(C(=O)C2CC(=O)N(C(C)(C)C)C2)C1. The van der Waals surface area contributed by atoms with Crippen LogP contribution in [0.25, 0.3) is 0 Å². The van der Waals surface area contributed by atoms with Crippen molar-refractivity contribution < 1.29 is 19.1 Å². The Morgan fingerprint density at radius 3 is 2.48 bits per heavy atom. The first-order chi connectivity index (χ1) is 10.7. The van der Waals surface area contributed by atoms with Gasteiger partial charge >= 0.3 is 5.97 Å². The van der Waals surface area contributed by atoms with Crippen molar-refractivity contribution in [2.45, 2.75) is 52.5 Å². The van der Waals surface area contributed by atoms with Crippen molar-refractivity contribution in [2.24, 2.45) is 11.8 Å². The topological polar surface area (TPSA) is 66.9 Å². The van der Waals surface area contributed by atoms with Gasteiger partial charge in [0.05, 0.1) is 18.4 Å². The van der Waals surface area contributed by atoms with Crippen LogP contribution in [0.5, 0.6) is 0 Å². The van der Waals surface area contributed by atoms with E-state index in [1.807, 2.05) is 20.8 Å². The normalized spacial score (nSPS) is 25.7. The van der Waals surface area contributed by atoms with Gasteiger partial charge < -0.3 is 14.5 Å². The van der Waals surface area contributed by atoms with Crippen molar-refractivity contribution in [2.75, 3.05) is 26.2 Å². The maximum atomic E-state index is 12.7. The van der Waals surface area contributed by atoms with Gasteiger partial charge in [0.2, 0.25) is 11.8 Å². The molecule has 0 aliphatic carbocycles. The molecule has 130 valence electrons. The fraction of sp³-hybridized carbons (Fsp3) is 0.824. The molecule has 0 aromatic carbocycles. The molecule has 2 saturated heterocycles. The highest BCUT2D eigenvalue weighted by Crippen LogP contribution is 2.28. The molecule has 23 heavy (non-hydrogen) atoms. The molecular weight excluding hydrogens is 296 g/mol. The van der Waals surface area contributed by atoms with E-state index in [2.05, 4.69) is 0 Å². The first-order valence-electron chi connectivity index (χ1n) is 8.50. The van der Waals surface area contributed by atoms with Gasteiger partial charge in [-0.2, -0.15) is 0 Å². The summed E-state index contributed by atoms with van der Waals surface area (Å²) in [5.74, 6) is -0.705. The maximum Gasteiger partial charge on any atom is 0.310 e. The monoisotopic (exact) mass is 324 g/mol. The zero-order valence-electron chi connectivity index (χ0n) is 14.6. The van der Waals surface area contributed by atoms with Gasteiger partial charge in [0.25, 0.3) is 0 Å². The summed E-state index contributed by atoms with van der Waals surface area (Å²) >= 11 is 0. The molecule has 2 fully saturated rings. The lowest BCUT2D eigenvalue weighted by Gasteiger charge is -2.34. The second-order valence-corrected chi connectivity index (χ2v) is 7.45. The van der Waals surface area contributed by atoms with E-state index in [4.69, 9.17) is 4.74 Å². The number of amides is 2. The number of ether oxygens (including phenoxy) is 1. The molecule has 2 heterocycles. The predicted molar refractivity (Wildman–Crippen MR) is 85.5 cm³/mol. The van der Waals surface area contributed by atoms with E-state index in [9.17, 15) is 14.4 Å². The molecule has 2 unspecified atom stereocenters. The molecule has 0 aromatic heterocycles. The summed E-state index contributed by atoms with van der Waals surface area (Å²) in [7, 11) is 0. The molecule has 0 radical (unpaired) electrons. The van der Waals surface area contributed by atoms with Gasteiger partial charge in [-0.1, -0.05) is 0 Å². The number of nitrogens with zero attached hydrogens (tertiary/aromatic N) is 2. The highest BCUT2D eigenvalue weighted by molar-refractivity contribution is 5.90. The molecule has 0 aromatic rings. The van der Waals surface area contributed by atoms with Gasteiger partial charge in [-0.25, -0.2) is 0 Å². The average molecular weight is 324 g/mol. The van der Waals surface area contributed by atoms with Crippen LogP contribution in [-0.4, -0.2) is 59.4 Å². The van der Waals surface area contributed by atoms with Gasteiger partial charge in [0.15, 0.2) is 0 Å². The smallest absolute Gasteiger partial charge is 0.310 e. The maximum absolute atomic E-state index is 12.7. The number of hydrogen-bond donors (Lipinski definition) is 0. The third-order valence-corrected chi connectivity index (χ3v) is 4.64. The van der Waals surface area contributed by atoms with Gasteiger partial charge in [0.1, 0.15) is 0 Å². The predicted octanol–water partition coefficient (Wildman–Crippen LogP) is 1.44. The molecular formula is C17H28N2O4. The fourth-order valence-corrected chi connectivity index (χ4v) is 3.41. The van der Waals surface area contributed by atoms with Crippen LogP contribution in [0.4, 0.5) is 0 Å². The molecule has 2 atom stereocenters. The van der Waals surface area contributed by atoms with Crippen LogP contribution in [0.2, 0.25) is 0 Å². The van der Waals surface area contributed by atoms with E-state index in [0.717, 1.165) is 12.8 Å². The zero-order valence-corrected chi connectivity index (χ0v) is 14.6. The fourth-order valence-electron chi connectivity index (χ4n) is 3.41. The van der Waals surface area contributed by atoms with Crippen LogP contribution in [0.15, 0.2) is 0 Å². The highest BCUT2D eigenvalue weighted by atomic mass is 16.5. The Labute approximate surface area is 138 Å². The largest absolute Gasteiger partial charge is 0.466 e. The van der Waals surface area contributed by atoms with E-state index in [-0.39, 0.29) is 41.6 Å². The summed E-state index contributed by atoms with van der Waals surface area (Å²) in [6.45, 7) is 9.64. The molecule has 2 rings (SSSR count). The van der Waals surface area contributed by atoms with Gasteiger partial charge in [-0.15, -0.1) is 0 Å². The van der Waals surface area contributed by atoms with Gasteiger partial charge in [0, 0.05) is 31.6 Å². The Balaban J connectivity index is 1.98. The van der Waals surface area contributed by atoms with Crippen LogP contribution >= 0.6 is 0 Å². The first kappa shape index (κ1) is 17.8. The highest BCUT2D eigenvalue weighted by Gasteiger charge is 2.42. The number of hydrogen-bond acceptors (Lipinski definition) is 4. The van der Waals surface area contributed by atoms with Crippen LogP contribution in [0.3, 0.4) is 0 Å². The summed E-state index contributed by atoms with van der Waals surface area (Å²) in [4.78, 5) is 40.3. The zero-order chi connectivity index (χ0) is 17.2. The third kappa shape index (κ3) is 4.03. The third-order valence-electron chi connectivity index (χ3n) is 4.64. The number of piperidine rings is 1. The Hall–Kier alpha value is -1.59. The molecule has 0 spiro atoms. The standard InChI is InChI=1S/C17H28N2O4/c1-5-23-16(22)12-7-6-8-18(10-12)15(21)13-9-14(20)19(11-13)17(2,3)4/h12-13H,5-11H2,1-4H3. The minimum absolute atomic E-state index is 0.000835. The molecule has 2 aliphatic heterocycles. The Bertz CT molecular complexity index is 483. The molecule has 0 bridgehead atoms. The second-order valence-electron chi connectivity index (χ2n) is 7.45. The van der Waals surface area contributed by atoms with Crippen molar-refractivity contribution in [1.29, 1.82) is 0 Å². The van der Waals surface area contributed by atoms with Gasteiger partial charge in [-0.3, -0.25) is 14.4 Å². The summed E-state index contributed by atoms with van der Waals surface area (Å²) in [6, 6.07) is 0. The Morgan fingerprint density at radius 2 is 1.91 bits per heavy atom. The lowest BCUT2D eigenvalue weighted by molar-refractivity contribution is -0.152. The summed E-state index contributed by atoms with van der Waals surface area (Å²) in [6.07, 6.45) is 1.84. The number of likely N-dealkylation sites (tertiary alicyclic amines) is 2. The average Bonchev–Trinajstić information content (AvgIpc) is 2.89. The van der Waals surface area contributed by atoms with Crippen LogP contribution in [-0.2, 0) is 19.1 Å². The Morgan fingerprint density at radius 1 is 1.22 bits per heavy atom. The summed E-state index contributed by atoms with van der Waals surface area (Å²) in [5, 5.41) is 0. The van der Waals surface area contributed by atoms with Crippen LogP contribution in [0, 0.1) is 11.8 Å². The molecule has 0 N–H and O–H groups in total. The van der Waals surface area contributed by atoms with Crippen LogP contribution < -0.4 is 0 Å². The molecule has 0 saturated carbocycles. The van der Waals surface area contributed by atoms with E-state index >= 15 is 0 Å². The van der Waals surface area contributed by atoms with Crippen molar-refractivity contribution in [3.63, 3.8) is 0 Å². The summed E-state index contributed by atoms with van der Waals surface area (Å²) in [5.41, 5.74) is -0.262.